The molecule has 6 heteroatoms. The van der Waals surface area contributed by atoms with Crippen LogP contribution in [0.3, 0.4) is 0 Å². The molecule has 0 spiro atoms. The van der Waals surface area contributed by atoms with Crippen LogP contribution in [-0.2, 0) is 0 Å². The molecule has 0 aliphatic carbocycles. The van der Waals surface area contributed by atoms with Crippen molar-refractivity contribution in [1.29, 1.82) is 0 Å². The summed E-state index contributed by atoms with van der Waals surface area (Å²) in [4.78, 5) is 0.322. The molecule has 1 N–H and O–H groups in total. The van der Waals surface area contributed by atoms with E-state index in [-0.39, 0.29) is 5.65 Å². The molecule has 11 heavy (non-hydrogen) atoms. The molecule has 6 nitrogen and oxygen atoms in total. The minimum atomic E-state index is -0.0208. The highest BCUT2D eigenvalue weighted by molar-refractivity contribution is 5.61. The Balaban J connectivity index is 2.96. The highest BCUT2D eigenvalue weighted by Gasteiger charge is 2.16. The molecule has 2 rings (SSSR count). The molecule has 0 fully saturated rings. The van der Waals surface area contributed by atoms with Gasteiger partial charge in [-0.05, 0) is 6.07 Å². The van der Waals surface area contributed by atoms with Gasteiger partial charge in [0.05, 0.1) is 0 Å². The maximum Gasteiger partial charge on any atom is 0.519 e. The van der Waals surface area contributed by atoms with Crippen molar-refractivity contribution in [3.63, 3.8) is 0 Å². The molecule has 0 saturated heterocycles. The molecule has 0 radical (unpaired) electrons. The van der Waals surface area contributed by atoms with Gasteiger partial charge in [-0.25, -0.2) is 0 Å². The van der Waals surface area contributed by atoms with Gasteiger partial charge in [-0.2, -0.15) is 0 Å². The topological polar surface area (TPSA) is 82.6 Å². The number of hydrogen-bond acceptors (Lipinski definition) is 3. The minimum absolute atomic E-state index is 0.0208. The zero-order chi connectivity index (χ0) is 7.84. The summed E-state index contributed by atoms with van der Waals surface area (Å²) in [6.07, 6.45) is 1.24. The average molecular weight is 152 g/mol. The number of H-pyrrole nitrogens is 1. The van der Waals surface area contributed by atoms with Crippen LogP contribution in [-0.4, -0.2) is 10.3 Å². The second-order valence-corrected chi connectivity index (χ2v) is 2.05. The van der Waals surface area contributed by atoms with E-state index in [9.17, 15) is 10.4 Å². The lowest BCUT2D eigenvalue weighted by Crippen LogP contribution is -2.40. The number of pyridine rings is 1. The molecule has 0 aromatic carbocycles. The van der Waals surface area contributed by atoms with Crippen LogP contribution < -0.4 is 9.58 Å². The smallest absolute Gasteiger partial charge is 0.519 e. The molecule has 0 atom stereocenters. The van der Waals surface area contributed by atoms with E-state index in [2.05, 4.69) is 10.3 Å². The number of aromatic amines is 1. The largest absolute Gasteiger partial charge is 0.614 e. The summed E-state index contributed by atoms with van der Waals surface area (Å²) < 4.78 is 0.464. The van der Waals surface area contributed by atoms with E-state index in [1.165, 1.54) is 12.3 Å². The van der Waals surface area contributed by atoms with Crippen molar-refractivity contribution in [3.8, 4) is 0 Å². The number of nitrogens with zero attached hydrogens (tertiary/aromatic N) is 3. The van der Waals surface area contributed by atoms with Gasteiger partial charge in [-0.15, -0.1) is 9.83 Å². The summed E-state index contributed by atoms with van der Waals surface area (Å²) in [6.45, 7) is 0. The van der Waals surface area contributed by atoms with Gasteiger partial charge < -0.3 is 10.4 Å². The molecule has 0 unspecified atom stereocenters. The van der Waals surface area contributed by atoms with Gasteiger partial charge in [0.2, 0.25) is 5.52 Å². The lowest BCUT2D eigenvalue weighted by Gasteiger charge is -1.91. The zero-order valence-corrected chi connectivity index (χ0v) is 5.39. The van der Waals surface area contributed by atoms with Crippen LogP contribution in [0.1, 0.15) is 0 Å². The Bertz CT molecular complexity index is 396. The lowest BCUT2D eigenvalue weighted by atomic mass is 10.4. The molecule has 0 bridgehead atoms. The van der Waals surface area contributed by atoms with Gasteiger partial charge in [0, 0.05) is 10.9 Å². The minimum Gasteiger partial charge on any atom is -0.614 e. The van der Waals surface area contributed by atoms with Crippen molar-refractivity contribution in [2.45, 2.75) is 0 Å². The Morgan fingerprint density at radius 1 is 1.45 bits per heavy atom. The summed E-state index contributed by atoms with van der Waals surface area (Å²) in [6, 6.07) is 3.10. The van der Waals surface area contributed by atoms with E-state index in [1.54, 1.807) is 6.07 Å². The van der Waals surface area contributed by atoms with Crippen LogP contribution in [0.15, 0.2) is 18.3 Å². The summed E-state index contributed by atoms with van der Waals surface area (Å²) >= 11 is 0. The number of hydrogen-bond donors (Lipinski definition) is 1. The molecule has 0 amide bonds. The zero-order valence-electron chi connectivity index (χ0n) is 5.39. The summed E-state index contributed by atoms with van der Waals surface area (Å²) in [5.74, 6) is 0. The second-order valence-electron chi connectivity index (χ2n) is 2.05. The quantitative estimate of drug-likeness (QED) is 0.381. The van der Waals surface area contributed by atoms with Crippen molar-refractivity contribution in [1.82, 2.24) is 10.3 Å². The highest BCUT2D eigenvalue weighted by atomic mass is 16.5. The van der Waals surface area contributed by atoms with Gasteiger partial charge in [0.25, 0.3) is 0 Å². The van der Waals surface area contributed by atoms with E-state index in [0.29, 0.717) is 15.1 Å². The molecule has 2 heterocycles. The fourth-order valence-electron chi connectivity index (χ4n) is 0.898. The maximum atomic E-state index is 10.9. The first-order chi connectivity index (χ1) is 5.29. The fourth-order valence-corrected chi connectivity index (χ4v) is 0.898. The molecule has 56 valence electrons. The van der Waals surface area contributed by atoms with Crippen LogP contribution in [0, 0.1) is 10.4 Å². The lowest BCUT2D eigenvalue weighted by molar-refractivity contribution is -0.725. The predicted molar refractivity (Wildman–Crippen MR) is 34.0 cm³/mol. The second kappa shape index (κ2) is 1.82. The molecule has 0 aliphatic rings. The SMILES string of the molecule is [O-][n+]1cccc2n[nH][n+]([O-])c21. The fraction of sp³-hybridized carbons (Fsp3) is 0. The number of rotatable bonds is 0. The number of nitrogens with one attached hydrogen (secondary N) is 1. The summed E-state index contributed by atoms with van der Waals surface area (Å²) in [5.41, 5.74) is 0.338. The number of aromatic nitrogens is 4. The molecule has 0 aliphatic heterocycles. The third-order valence-electron chi connectivity index (χ3n) is 1.37. The van der Waals surface area contributed by atoms with Crippen LogP contribution in [0.2, 0.25) is 0 Å². The number of fused-ring (bicyclic) bond motifs is 1. The summed E-state index contributed by atoms with van der Waals surface area (Å²) in [7, 11) is 0. The monoisotopic (exact) mass is 152 g/mol. The van der Waals surface area contributed by atoms with Gasteiger partial charge in [0.15, 0.2) is 6.20 Å². The van der Waals surface area contributed by atoms with Crippen LogP contribution in [0.5, 0.6) is 0 Å². The van der Waals surface area contributed by atoms with Crippen molar-refractivity contribution in [2.24, 2.45) is 0 Å². The van der Waals surface area contributed by atoms with Crippen molar-refractivity contribution < 1.29 is 9.58 Å². The Morgan fingerprint density at radius 2 is 2.27 bits per heavy atom. The molecular weight excluding hydrogens is 148 g/mol. The molecular formula is C5H4N4O2. The Morgan fingerprint density at radius 3 is 3.00 bits per heavy atom. The third-order valence-corrected chi connectivity index (χ3v) is 1.37. The predicted octanol–water partition coefficient (Wildman–Crippen LogP) is -1.17. The molecule has 2 aromatic heterocycles. The Labute approximate surface area is 60.8 Å². The Hall–Kier alpha value is -1.85. The van der Waals surface area contributed by atoms with E-state index in [0.717, 1.165) is 0 Å². The summed E-state index contributed by atoms with van der Waals surface area (Å²) in [5, 5.41) is 27.4. The van der Waals surface area contributed by atoms with E-state index >= 15 is 0 Å². The molecule has 2 aromatic rings. The van der Waals surface area contributed by atoms with E-state index in [1.807, 2.05) is 0 Å². The normalized spacial score (nSPS) is 10.5. The maximum absolute atomic E-state index is 10.9. The van der Waals surface area contributed by atoms with E-state index in [4.69, 9.17) is 0 Å². The van der Waals surface area contributed by atoms with Crippen molar-refractivity contribution in [3.05, 3.63) is 28.7 Å². The third kappa shape index (κ3) is 0.689. The molecule has 0 saturated carbocycles. The van der Waals surface area contributed by atoms with Crippen molar-refractivity contribution >= 4 is 11.2 Å². The first-order valence-electron chi connectivity index (χ1n) is 2.95. The van der Waals surface area contributed by atoms with Crippen LogP contribution >= 0.6 is 0 Å². The highest BCUT2D eigenvalue weighted by Crippen LogP contribution is 1.96. The van der Waals surface area contributed by atoms with Crippen LogP contribution in [0.25, 0.3) is 11.2 Å². The first-order valence-corrected chi connectivity index (χ1v) is 2.95. The van der Waals surface area contributed by atoms with Gasteiger partial charge in [-0.1, -0.05) is 5.21 Å². The standard InChI is InChI=1S/C5H4N4O2/c10-8-3-1-2-4-5(8)9(11)7-6-4/h1-3,7H. The average Bonchev–Trinajstić information content (AvgIpc) is 2.34. The van der Waals surface area contributed by atoms with E-state index < -0.39 is 0 Å². The van der Waals surface area contributed by atoms with Gasteiger partial charge in [0.1, 0.15) is 0 Å². The van der Waals surface area contributed by atoms with Gasteiger partial charge in [-0.3, -0.25) is 0 Å². The van der Waals surface area contributed by atoms with Crippen molar-refractivity contribution in [2.75, 3.05) is 0 Å². The first kappa shape index (κ1) is 5.90. The van der Waals surface area contributed by atoms with Crippen LogP contribution in [0.4, 0.5) is 0 Å². The van der Waals surface area contributed by atoms with Gasteiger partial charge >= 0.3 is 5.65 Å². The Kier molecular flexibility index (Phi) is 0.974.